The molecule has 0 fully saturated rings. The van der Waals surface area contributed by atoms with Crippen LogP contribution in [0.2, 0.25) is 0 Å². The summed E-state index contributed by atoms with van der Waals surface area (Å²) < 4.78 is 8.13. The zero-order valence-corrected chi connectivity index (χ0v) is 14.4. The van der Waals surface area contributed by atoms with Crippen LogP contribution in [0.5, 0.6) is 5.75 Å². The summed E-state index contributed by atoms with van der Waals surface area (Å²) in [6.45, 7) is 10.1. The van der Waals surface area contributed by atoms with Gasteiger partial charge in [0.15, 0.2) is 0 Å². The van der Waals surface area contributed by atoms with Crippen LogP contribution >= 0.6 is 0 Å². The summed E-state index contributed by atoms with van der Waals surface area (Å²) in [5, 5.41) is 0. The Bertz CT molecular complexity index is 833. The van der Waals surface area contributed by atoms with Crippen LogP contribution in [0.1, 0.15) is 28.7 Å². The van der Waals surface area contributed by atoms with Crippen molar-refractivity contribution in [2.24, 2.45) is 0 Å². The molecule has 0 radical (unpaired) electrons. The van der Waals surface area contributed by atoms with Crippen molar-refractivity contribution in [1.82, 2.24) is 9.55 Å². The predicted molar refractivity (Wildman–Crippen MR) is 95.2 cm³/mol. The maximum absolute atomic E-state index is 5.91. The van der Waals surface area contributed by atoms with E-state index in [1.54, 1.807) is 0 Å². The van der Waals surface area contributed by atoms with E-state index in [0.717, 1.165) is 24.2 Å². The highest BCUT2D eigenvalue weighted by atomic mass is 16.5. The lowest BCUT2D eigenvalue weighted by molar-refractivity contribution is 0.300. The van der Waals surface area contributed by atoms with E-state index in [1.807, 2.05) is 6.33 Å². The number of imidazole rings is 1. The number of aryl methyl sites for hydroxylation is 5. The van der Waals surface area contributed by atoms with Crippen LogP contribution in [0.15, 0.2) is 36.7 Å². The number of benzene rings is 2. The van der Waals surface area contributed by atoms with Gasteiger partial charge < -0.3 is 9.30 Å². The Balaban J connectivity index is 1.62. The Labute approximate surface area is 137 Å². The molecule has 0 unspecified atom stereocenters. The second kappa shape index (κ2) is 6.45. The summed E-state index contributed by atoms with van der Waals surface area (Å²) in [5.74, 6) is 0.984. The number of hydrogen-bond acceptors (Lipinski definition) is 2. The minimum absolute atomic E-state index is 0.717. The van der Waals surface area contributed by atoms with Crippen molar-refractivity contribution in [3.63, 3.8) is 0 Å². The largest absolute Gasteiger partial charge is 0.493 e. The quantitative estimate of drug-likeness (QED) is 0.637. The highest BCUT2D eigenvalue weighted by Crippen LogP contribution is 2.20. The van der Waals surface area contributed by atoms with Gasteiger partial charge in [-0.3, -0.25) is 0 Å². The van der Waals surface area contributed by atoms with Crippen molar-refractivity contribution in [2.45, 2.75) is 40.7 Å². The summed E-state index contributed by atoms with van der Waals surface area (Å²) in [4.78, 5) is 4.50. The number of nitrogens with zero attached hydrogens (tertiary/aromatic N) is 2. The van der Waals surface area contributed by atoms with Crippen molar-refractivity contribution in [1.29, 1.82) is 0 Å². The van der Waals surface area contributed by atoms with E-state index in [-0.39, 0.29) is 0 Å². The fourth-order valence-corrected chi connectivity index (χ4v) is 2.87. The molecule has 23 heavy (non-hydrogen) atoms. The summed E-state index contributed by atoms with van der Waals surface area (Å²) >= 11 is 0. The molecule has 0 atom stereocenters. The number of aromatic nitrogens is 2. The molecule has 3 rings (SSSR count). The SMILES string of the molecule is Cc1ccc(OCCCn2cnc3cc(C)c(C)cc32)c(C)c1. The van der Waals surface area contributed by atoms with Crippen molar-refractivity contribution in [3.05, 3.63) is 58.9 Å². The highest BCUT2D eigenvalue weighted by Gasteiger charge is 2.05. The first-order valence-electron chi connectivity index (χ1n) is 8.17. The maximum atomic E-state index is 5.91. The maximum Gasteiger partial charge on any atom is 0.122 e. The Kier molecular flexibility index (Phi) is 4.37. The van der Waals surface area contributed by atoms with Crippen LogP contribution < -0.4 is 4.74 Å². The molecule has 0 aliphatic heterocycles. The molecule has 0 saturated heterocycles. The van der Waals surface area contributed by atoms with Gasteiger partial charge in [-0.1, -0.05) is 17.7 Å². The topological polar surface area (TPSA) is 27.1 Å². The molecule has 3 heteroatoms. The number of rotatable bonds is 5. The molecule has 0 spiro atoms. The second-order valence-electron chi connectivity index (χ2n) is 6.33. The minimum Gasteiger partial charge on any atom is -0.493 e. The minimum atomic E-state index is 0.717. The lowest BCUT2D eigenvalue weighted by Gasteiger charge is -2.10. The molecular weight excluding hydrogens is 284 g/mol. The third-order valence-electron chi connectivity index (χ3n) is 4.37. The van der Waals surface area contributed by atoms with Crippen LogP contribution in [0.4, 0.5) is 0 Å². The summed E-state index contributed by atoms with van der Waals surface area (Å²) in [6, 6.07) is 10.7. The lowest BCUT2D eigenvalue weighted by atomic mass is 10.1. The Morgan fingerprint density at radius 1 is 0.957 bits per heavy atom. The van der Waals surface area contributed by atoms with E-state index in [1.165, 1.54) is 27.8 Å². The van der Waals surface area contributed by atoms with E-state index in [9.17, 15) is 0 Å². The molecule has 3 nitrogen and oxygen atoms in total. The fourth-order valence-electron chi connectivity index (χ4n) is 2.87. The van der Waals surface area contributed by atoms with Crippen molar-refractivity contribution in [3.8, 4) is 5.75 Å². The van der Waals surface area contributed by atoms with Gasteiger partial charge in [0.2, 0.25) is 0 Å². The summed E-state index contributed by atoms with van der Waals surface area (Å²) in [5.41, 5.74) is 7.35. The van der Waals surface area contributed by atoms with Gasteiger partial charge in [-0.05, 0) is 69.0 Å². The number of hydrogen-bond donors (Lipinski definition) is 0. The smallest absolute Gasteiger partial charge is 0.122 e. The predicted octanol–water partition coefficient (Wildman–Crippen LogP) is 4.74. The molecule has 0 amide bonds. The molecular formula is C20H24N2O. The van der Waals surface area contributed by atoms with E-state index < -0.39 is 0 Å². The molecule has 0 aliphatic rings. The Morgan fingerprint density at radius 2 is 1.74 bits per heavy atom. The molecule has 2 aromatic carbocycles. The monoisotopic (exact) mass is 308 g/mol. The average molecular weight is 308 g/mol. The highest BCUT2D eigenvalue weighted by molar-refractivity contribution is 5.77. The fraction of sp³-hybridized carbons (Fsp3) is 0.350. The normalized spacial score (nSPS) is 11.1. The van der Waals surface area contributed by atoms with Gasteiger partial charge >= 0.3 is 0 Å². The molecule has 0 N–H and O–H groups in total. The van der Waals surface area contributed by atoms with E-state index in [2.05, 4.69) is 67.6 Å². The van der Waals surface area contributed by atoms with Crippen molar-refractivity contribution < 1.29 is 4.74 Å². The van der Waals surface area contributed by atoms with Crippen molar-refractivity contribution in [2.75, 3.05) is 6.61 Å². The average Bonchev–Trinajstić information content (AvgIpc) is 2.88. The van der Waals surface area contributed by atoms with E-state index in [4.69, 9.17) is 4.74 Å². The molecule has 1 heterocycles. The summed E-state index contributed by atoms with van der Waals surface area (Å²) in [7, 11) is 0. The zero-order valence-electron chi connectivity index (χ0n) is 14.4. The molecule has 0 aliphatic carbocycles. The number of fused-ring (bicyclic) bond motifs is 1. The Morgan fingerprint density at radius 3 is 2.52 bits per heavy atom. The standard InChI is InChI=1S/C20H24N2O/c1-14-6-7-20(17(4)10-14)23-9-5-8-22-13-21-18-11-15(2)16(3)12-19(18)22/h6-7,10-13H,5,8-9H2,1-4H3. The first kappa shape index (κ1) is 15.6. The lowest BCUT2D eigenvalue weighted by Crippen LogP contribution is -2.04. The molecule has 120 valence electrons. The van der Waals surface area contributed by atoms with Crippen LogP contribution in [0.3, 0.4) is 0 Å². The summed E-state index contributed by atoms with van der Waals surface area (Å²) in [6.07, 6.45) is 2.90. The Hall–Kier alpha value is -2.29. The molecule has 3 aromatic rings. The van der Waals surface area contributed by atoms with Gasteiger partial charge in [0.05, 0.1) is 24.0 Å². The van der Waals surface area contributed by atoms with Gasteiger partial charge in [0.25, 0.3) is 0 Å². The molecule has 0 saturated carbocycles. The third-order valence-corrected chi connectivity index (χ3v) is 4.37. The van der Waals surface area contributed by atoms with Gasteiger partial charge in [0, 0.05) is 6.54 Å². The zero-order chi connectivity index (χ0) is 16.4. The van der Waals surface area contributed by atoms with Crippen LogP contribution in [0.25, 0.3) is 11.0 Å². The van der Waals surface area contributed by atoms with Crippen LogP contribution in [-0.2, 0) is 6.54 Å². The van der Waals surface area contributed by atoms with Crippen LogP contribution in [0, 0.1) is 27.7 Å². The van der Waals surface area contributed by atoms with Gasteiger partial charge in [-0.25, -0.2) is 4.98 Å². The van der Waals surface area contributed by atoms with Gasteiger partial charge in [0.1, 0.15) is 5.75 Å². The van der Waals surface area contributed by atoms with Gasteiger partial charge in [-0.15, -0.1) is 0 Å². The molecule has 0 bridgehead atoms. The third kappa shape index (κ3) is 3.39. The van der Waals surface area contributed by atoms with E-state index in [0.29, 0.717) is 6.61 Å². The first-order chi connectivity index (χ1) is 11.0. The number of ether oxygens (including phenoxy) is 1. The first-order valence-corrected chi connectivity index (χ1v) is 8.17. The van der Waals surface area contributed by atoms with E-state index >= 15 is 0 Å². The van der Waals surface area contributed by atoms with Gasteiger partial charge in [-0.2, -0.15) is 0 Å². The molecule has 1 aromatic heterocycles. The second-order valence-corrected chi connectivity index (χ2v) is 6.33. The van der Waals surface area contributed by atoms with Crippen LogP contribution in [-0.4, -0.2) is 16.2 Å². The van der Waals surface area contributed by atoms with Crippen molar-refractivity contribution >= 4 is 11.0 Å².